The van der Waals surface area contributed by atoms with Gasteiger partial charge in [0, 0.05) is 22.0 Å². The Morgan fingerprint density at radius 2 is 1.86 bits per heavy atom. The number of thiophene rings is 1. The van der Waals surface area contributed by atoms with E-state index in [4.69, 9.17) is 4.74 Å². The van der Waals surface area contributed by atoms with E-state index < -0.39 is 0 Å². The molecule has 1 aliphatic heterocycles. The number of thioether (sulfide) groups is 1. The number of benzene rings is 2. The third kappa shape index (κ3) is 5.67. The van der Waals surface area contributed by atoms with Crippen molar-refractivity contribution in [3.63, 3.8) is 0 Å². The molecule has 42 heavy (non-hydrogen) atoms. The van der Waals surface area contributed by atoms with Crippen molar-refractivity contribution < 1.29 is 14.3 Å². The summed E-state index contributed by atoms with van der Waals surface area (Å²) < 4.78 is 7.67. The Kier molecular flexibility index (Phi) is 8.04. The molecule has 6 rings (SSSR count). The van der Waals surface area contributed by atoms with E-state index in [0.29, 0.717) is 16.7 Å². The molecule has 1 aliphatic carbocycles. The van der Waals surface area contributed by atoms with Crippen LogP contribution in [0.2, 0.25) is 0 Å². The normalized spacial score (nSPS) is 16.5. The van der Waals surface area contributed by atoms with Crippen LogP contribution >= 0.6 is 23.1 Å². The lowest BCUT2D eigenvalue weighted by Crippen LogP contribution is -2.19. The minimum Gasteiger partial charge on any atom is -0.494 e. The molecule has 2 amide bonds. The SMILES string of the molecule is CCOc1ccc(N=C2NC(=O)/C(=C/c3cc(C)n(-c4sc5c(c4C(=O)Nc4ccccc4)CCCC5)c3C)S2)cc1. The number of para-hydroxylation sites is 1. The summed E-state index contributed by atoms with van der Waals surface area (Å²) in [7, 11) is 0. The molecule has 7 nitrogen and oxygen atoms in total. The van der Waals surface area contributed by atoms with Crippen LogP contribution in [0.15, 0.2) is 70.6 Å². The minimum absolute atomic E-state index is 0.0797. The maximum atomic E-state index is 13.7. The Bertz CT molecular complexity index is 1720. The number of anilines is 1. The molecule has 4 aromatic rings. The zero-order chi connectivity index (χ0) is 29.2. The molecule has 0 radical (unpaired) electrons. The van der Waals surface area contributed by atoms with Crippen LogP contribution in [-0.4, -0.2) is 28.2 Å². The number of ether oxygens (including phenoxy) is 1. The van der Waals surface area contributed by atoms with Gasteiger partial charge in [-0.1, -0.05) is 18.2 Å². The number of nitrogens with one attached hydrogen (secondary N) is 2. The summed E-state index contributed by atoms with van der Waals surface area (Å²) in [6, 6.07) is 19.1. The first-order valence-electron chi connectivity index (χ1n) is 14.1. The molecule has 0 atom stereocenters. The topological polar surface area (TPSA) is 84.7 Å². The molecule has 9 heteroatoms. The molecule has 3 heterocycles. The van der Waals surface area contributed by atoms with E-state index in [2.05, 4.69) is 26.3 Å². The molecular formula is C33H32N4O3S2. The van der Waals surface area contributed by atoms with Crippen LogP contribution in [-0.2, 0) is 17.6 Å². The quantitative estimate of drug-likeness (QED) is 0.216. The third-order valence-corrected chi connectivity index (χ3v) is 9.59. The largest absolute Gasteiger partial charge is 0.494 e. The van der Waals surface area contributed by atoms with E-state index in [-0.39, 0.29) is 11.8 Å². The summed E-state index contributed by atoms with van der Waals surface area (Å²) in [6.07, 6.45) is 6.04. The zero-order valence-corrected chi connectivity index (χ0v) is 25.5. The highest BCUT2D eigenvalue weighted by Gasteiger charge is 2.29. The average Bonchev–Trinajstić information content (AvgIpc) is 3.62. The van der Waals surface area contributed by atoms with Gasteiger partial charge in [0.05, 0.1) is 22.8 Å². The highest BCUT2D eigenvalue weighted by atomic mass is 32.2. The second-order valence-electron chi connectivity index (χ2n) is 10.3. The van der Waals surface area contributed by atoms with E-state index in [1.54, 1.807) is 11.3 Å². The molecule has 2 aromatic heterocycles. The first-order chi connectivity index (χ1) is 20.4. The Morgan fingerprint density at radius 3 is 2.62 bits per heavy atom. The van der Waals surface area contributed by atoms with Crippen molar-refractivity contribution in [2.24, 2.45) is 4.99 Å². The van der Waals surface area contributed by atoms with Gasteiger partial charge in [-0.05, 0) is 118 Å². The van der Waals surface area contributed by atoms with Crippen molar-refractivity contribution >= 4 is 57.5 Å². The number of rotatable bonds is 7. The number of carbonyl (C=O) groups is 2. The van der Waals surface area contributed by atoms with Gasteiger partial charge >= 0.3 is 0 Å². The lowest BCUT2D eigenvalue weighted by Gasteiger charge is -2.14. The first kappa shape index (κ1) is 28.1. The summed E-state index contributed by atoms with van der Waals surface area (Å²) in [5, 5.41) is 7.48. The van der Waals surface area contributed by atoms with Gasteiger partial charge in [-0.25, -0.2) is 4.99 Å². The molecule has 0 unspecified atom stereocenters. The highest BCUT2D eigenvalue weighted by Crippen LogP contribution is 2.40. The van der Waals surface area contributed by atoms with E-state index in [1.165, 1.54) is 22.2 Å². The van der Waals surface area contributed by atoms with Crippen LogP contribution in [0.1, 0.15) is 57.5 Å². The van der Waals surface area contributed by atoms with Crippen molar-refractivity contribution in [1.82, 2.24) is 9.88 Å². The molecule has 2 N–H and O–H groups in total. The minimum atomic E-state index is -0.177. The maximum absolute atomic E-state index is 13.7. The van der Waals surface area contributed by atoms with Crippen LogP contribution < -0.4 is 15.4 Å². The van der Waals surface area contributed by atoms with Crippen molar-refractivity contribution in [1.29, 1.82) is 0 Å². The highest BCUT2D eigenvalue weighted by molar-refractivity contribution is 8.18. The van der Waals surface area contributed by atoms with E-state index in [9.17, 15) is 9.59 Å². The van der Waals surface area contributed by atoms with Crippen LogP contribution in [0.25, 0.3) is 11.1 Å². The van der Waals surface area contributed by atoms with Gasteiger partial charge < -0.3 is 19.9 Å². The number of aliphatic imine (C=N–C) groups is 1. The summed E-state index contributed by atoms with van der Waals surface area (Å²) >= 11 is 3.04. The number of amidine groups is 1. The summed E-state index contributed by atoms with van der Waals surface area (Å²) in [5.74, 6) is 0.528. The number of hydrogen-bond acceptors (Lipinski definition) is 6. The molecule has 0 spiro atoms. The Hall–Kier alpha value is -4.08. The lowest BCUT2D eigenvalue weighted by molar-refractivity contribution is -0.115. The van der Waals surface area contributed by atoms with E-state index in [1.807, 2.05) is 81.4 Å². The van der Waals surface area contributed by atoms with Crippen molar-refractivity contribution in [2.75, 3.05) is 11.9 Å². The summed E-state index contributed by atoms with van der Waals surface area (Å²) in [6.45, 7) is 6.64. The number of hydrogen-bond donors (Lipinski definition) is 2. The van der Waals surface area contributed by atoms with Gasteiger partial charge in [0.15, 0.2) is 5.17 Å². The van der Waals surface area contributed by atoms with Crippen molar-refractivity contribution in [3.05, 3.63) is 98.5 Å². The maximum Gasteiger partial charge on any atom is 0.264 e. The van der Waals surface area contributed by atoms with Gasteiger partial charge in [-0.3, -0.25) is 9.59 Å². The number of amides is 2. The molecule has 1 fully saturated rings. The predicted octanol–water partition coefficient (Wildman–Crippen LogP) is 7.58. The molecule has 0 saturated carbocycles. The van der Waals surface area contributed by atoms with Crippen LogP contribution in [0.4, 0.5) is 11.4 Å². The standard InChI is InChI=1S/C33H32N4O3S2/c1-4-40-25-16-14-24(15-17-25)35-33-36-30(38)28(42-33)19-22-18-20(2)37(21(22)3)32-29(26-12-8-9-13-27(26)41-32)31(39)34-23-10-6-5-7-11-23/h5-7,10-11,14-19H,4,8-9,12-13H2,1-3H3,(H,34,39)(H,35,36,38)/b28-19-. The Morgan fingerprint density at radius 1 is 1.10 bits per heavy atom. The van der Waals surface area contributed by atoms with Gasteiger partial charge in [0.2, 0.25) is 0 Å². The lowest BCUT2D eigenvalue weighted by atomic mass is 9.95. The fraction of sp³-hybridized carbons (Fsp3) is 0.242. The third-order valence-electron chi connectivity index (χ3n) is 7.40. The monoisotopic (exact) mass is 596 g/mol. The molecule has 214 valence electrons. The summed E-state index contributed by atoms with van der Waals surface area (Å²) in [4.78, 5) is 33.1. The van der Waals surface area contributed by atoms with E-state index >= 15 is 0 Å². The van der Waals surface area contributed by atoms with Crippen LogP contribution in [0, 0.1) is 13.8 Å². The van der Waals surface area contributed by atoms with Crippen LogP contribution in [0.3, 0.4) is 0 Å². The zero-order valence-electron chi connectivity index (χ0n) is 23.8. The fourth-order valence-corrected chi connectivity index (χ4v) is 7.76. The smallest absolute Gasteiger partial charge is 0.264 e. The van der Waals surface area contributed by atoms with Crippen LogP contribution in [0.5, 0.6) is 5.75 Å². The Labute approximate surface area is 253 Å². The number of aryl methyl sites for hydroxylation is 2. The number of carbonyl (C=O) groups excluding carboxylic acids is 2. The summed E-state index contributed by atoms with van der Waals surface area (Å²) in [5.41, 5.74) is 6.38. The predicted molar refractivity (Wildman–Crippen MR) is 173 cm³/mol. The van der Waals surface area contributed by atoms with Crippen molar-refractivity contribution in [2.45, 2.75) is 46.5 Å². The molecule has 1 saturated heterocycles. The van der Waals surface area contributed by atoms with Crippen molar-refractivity contribution in [3.8, 4) is 10.8 Å². The van der Waals surface area contributed by atoms with Gasteiger partial charge in [-0.15, -0.1) is 11.3 Å². The Balaban J connectivity index is 1.31. The van der Waals surface area contributed by atoms with Gasteiger partial charge in [0.25, 0.3) is 11.8 Å². The van der Waals surface area contributed by atoms with Gasteiger partial charge in [-0.2, -0.15) is 0 Å². The average molecular weight is 597 g/mol. The molecule has 2 aromatic carbocycles. The number of nitrogens with zero attached hydrogens (tertiary/aromatic N) is 2. The number of fused-ring (bicyclic) bond motifs is 1. The molecule has 2 aliphatic rings. The second kappa shape index (κ2) is 12.0. The second-order valence-corrected chi connectivity index (χ2v) is 12.4. The number of aromatic nitrogens is 1. The van der Waals surface area contributed by atoms with E-state index in [0.717, 1.165) is 70.3 Å². The van der Waals surface area contributed by atoms with Gasteiger partial charge in [0.1, 0.15) is 10.8 Å². The molecular weight excluding hydrogens is 565 g/mol. The fourth-order valence-electron chi connectivity index (χ4n) is 5.43. The molecule has 0 bridgehead atoms. The first-order valence-corrected chi connectivity index (χ1v) is 15.8.